The van der Waals surface area contributed by atoms with Gasteiger partial charge in [-0.05, 0) is 48.3 Å². The molecule has 28 heavy (non-hydrogen) atoms. The highest BCUT2D eigenvalue weighted by molar-refractivity contribution is 6.06. The van der Waals surface area contributed by atoms with Gasteiger partial charge in [0.15, 0.2) is 5.96 Å². The van der Waals surface area contributed by atoms with Crippen LogP contribution in [0.25, 0.3) is 0 Å². The number of nitrogens with zero attached hydrogens (tertiary/aromatic N) is 2. The second kappa shape index (κ2) is 7.41. The Bertz CT molecular complexity index is 815. The Balaban J connectivity index is 1.28. The molecule has 0 aromatic heterocycles. The van der Waals surface area contributed by atoms with E-state index in [2.05, 4.69) is 48.4 Å². The summed E-state index contributed by atoms with van der Waals surface area (Å²) >= 11 is 0. The molecule has 4 rings (SSSR count). The minimum Gasteiger partial charge on any atom is -0.370 e. The molecule has 2 aliphatic carbocycles. The largest absolute Gasteiger partial charge is 0.370 e. The van der Waals surface area contributed by atoms with Crippen LogP contribution < -0.4 is 11.1 Å². The van der Waals surface area contributed by atoms with Gasteiger partial charge in [-0.2, -0.15) is 0 Å². The summed E-state index contributed by atoms with van der Waals surface area (Å²) in [7, 11) is 0. The fraction of sp³-hybridized carbons (Fsp3) is 0.500. The normalized spacial score (nSPS) is 28.5. The fourth-order valence-electron chi connectivity index (χ4n) is 4.78. The standard InChI is InChI=1S/C22H28N4O2/c1-13(2)14-5-3-6-17(12-14)25-22(23)24-9-4-10-26-20(27)18-15-7-8-16(11-15)19(18)21(26)28/h3,5-8,12-13,15-16,18-19H,4,9-11H2,1-2H3,(H3,23,24,25). The Kier molecular flexibility index (Phi) is 4.96. The highest BCUT2D eigenvalue weighted by Crippen LogP contribution is 2.52. The molecule has 6 heteroatoms. The van der Waals surface area contributed by atoms with Gasteiger partial charge in [0.2, 0.25) is 11.8 Å². The van der Waals surface area contributed by atoms with Crippen molar-refractivity contribution in [3.8, 4) is 0 Å². The quantitative estimate of drug-likeness (QED) is 0.261. The van der Waals surface area contributed by atoms with Gasteiger partial charge in [0.05, 0.1) is 11.8 Å². The third-order valence-corrected chi connectivity index (χ3v) is 6.21. The number of anilines is 1. The first-order valence-corrected chi connectivity index (χ1v) is 10.2. The molecule has 1 aliphatic heterocycles. The highest BCUT2D eigenvalue weighted by Gasteiger charge is 2.58. The lowest BCUT2D eigenvalue weighted by Crippen LogP contribution is -2.34. The number of hydrogen-bond donors (Lipinski definition) is 2. The summed E-state index contributed by atoms with van der Waals surface area (Å²) in [6.07, 6.45) is 5.82. The van der Waals surface area contributed by atoms with Gasteiger partial charge in [0, 0.05) is 18.8 Å². The molecule has 2 fully saturated rings. The van der Waals surface area contributed by atoms with Crippen LogP contribution in [0.15, 0.2) is 41.4 Å². The van der Waals surface area contributed by atoms with Crippen LogP contribution in [0.1, 0.15) is 38.2 Å². The molecular formula is C22H28N4O2. The monoisotopic (exact) mass is 380 g/mol. The van der Waals surface area contributed by atoms with Crippen molar-refractivity contribution < 1.29 is 9.59 Å². The first-order valence-electron chi connectivity index (χ1n) is 10.2. The average molecular weight is 380 g/mol. The van der Waals surface area contributed by atoms with Crippen LogP contribution in [0.5, 0.6) is 0 Å². The van der Waals surface area contributed by atoms with Crippen molar-refractivity contribution in [2.24, 2.45) is 34.4 Å². The number of rotatable bonds is 6. The first-order chi connectivity index (χ1) is 13.5. The SMILES string of the molecule is CC(C)c1cccc(NC(N)=NCCCN2C(=O)C3C4C=CC(C4)C3C2=O)c1. The van der Waals surface area contributed by atoms with Crippen LogP contribution in [-0.4, -0.2) is 35.8 Å². The van der Waals surface area contributed by atoms with Gasteiger partial charge in [-0.1, -0.05) is 38.1 Å². The van der Waals surface area contributed by atoms with Crippen molar-refractivity contribution >= 4 is 23.5 Å². The van der Waals surface area contributed by atoms with E-state index in [1.165, 1.54) is 10.5 Å². The molecule has 3 N–H and O–H groups in total. The summed E-state index contributed by atoms with van der Waals surface area (Å²) in [6.45, 7) is 5.18. The Morgan fingerprint density at radius 3 is 2.54 bits per heavy atom. The number of benzene rings is 1. The Hall–Kier alpha value is -2.63. The third kappa shape index (κ3) is 3.32. The molecular weight excluding hydrogens is 352 g/mol. The number of guanidine groups is 1. The fourth-order valence-corrected chi connectivity index (χ4v) is 4.78. The number of fused-ring (bicyclic) bond motifs is 5. The number of hydrogen-bond acceptors (Lipinski definition) is 3. The lowest BCUT2D eigenvalue weighted by Gasteiger charge is -2.16. The number of imide groups is 1. The van der Waals surface area contributed by atoms with Crippen molar-refractivity contribution in [2.75, 3.05) is 18.4 Å². The van der Waals surface area contributed by atoms with Crippen molar-refractivity contribution in [1.29, 1.82) is 0 Å². The van der Waals surface area contributed by atoms with Crippen molar-refractivity contribution in [3.63, 3.8) is 0 Å². The van der Waals surface area contributed by atoms with Gasteiger partial charge < -0.3 is 11.1 Å². The van der Waals surface area contributed by atoms with Crippen LogP contribution >= 0.6 is 0 Å². The molecule has 2 amide bonds. The molecule has 6 nitrogen and oxygen atoms in total. The van der Waals surface area contributed by atoms with E-state index >= 15 is 0 Å². The number of nitrogens with two attached hydrogens (primary N) is 1. The number of nitrogens with one attached hydrogen (secondary N) is 1. The maximum absolute atomic E-state index is 12.6. The van der Waals surface area contributed by atoms with E-state index in [-0.39, 0.29) is 35.5 Å². The summed E-state index contributed by atoms with van der Waals surface area (Å²) in [5.41, 5.74) is 8.13. The number of likely N-dealkylation sites (tertiary alicyclic amines) is 1. The Labute approximate surface area is 165 Å². The van der Waals surface area contributed by atoms with Crippen molar-refractivity contribution in [1.82, 2.24) is 4.90 Å². The third-order valence-electron chi connectivity index (χ3n) is 6.21. The number of amides is 2. The minimum absolute atomic E-state index is 0.00688. The molecule has 1 aromatic rings. The zero-order valence-electron chi connectivity index (χ0n) is 16.5. The summed E-state index contributed by atoms with van der Waals surface area (Å²) in [5.74, 6) is 1.09. The van der Waals surface area contributed by atoms with Gasteiger partial charge >= 0.3 is 0 Å². The number of allylic oxidation sites excluding steroid dienone is 2. The number of aliphatic imine (C=N–C) groups is 1. The number of carbonyl (C=O) groups is 2. The summed E-state index contributed by atoms with van der Waals surface area (Å²) in [5, 5.41) is 3.11. The van der Waals surface area contributed by atoms with E-state index in [1.54, 1.807) is 0 Å². The Morgan fingerprint density at radius 2 is 1.89 bits per heavy atom. The lowest BCUT2D eigenvalue weighted by molar-refractivity contribution is -0.140. The molecule has 1 saturated carbocycles. The van der Waals surface area contributed by atoms with E-state index in [1.807, 2.05) is 12.1 Å². The van der Waals surface area contributed by atoms with E-state index in [9.17, 15) is 9.59 Å². The molecule has 148 valence electrons. The van der Waals surface area contributed by atoms with Gasteiger partial charge in [0.1, 0.15) is 0 Å². The minimum atomic E-state index is -0.119. The van der Waals surface area contributed by atoms with Gasteiger partial charge in [-0.25, -0.2) is 0 Å². The first kappa shape index (κ1) is 18.7. The zero-order valence-corrected chi connectivity index (χ0v) is 16.5. The summed E-state index contributed by atoms with van der Waals surface area (Å²) in [4.78, 5) is 31.1. The van der Waals surface area contributed by atoms with Crippen LogP contribution in [0.2, 0.25) is 0 Å². The van der Waals surface area contributed by atoms with Crippen LogP contribution in [0.3, 0.4) is 0 Å². The zero-order chi connectivity index (χ0) is 19.8. The molecule has 1 heterocycles. The van der Waals surface area contributed by atoms with E-state index in [0.717, 1.165) is 12.1 Å². The van der Waals surface area contributed by atoms with E-state index in [4.69, 9.17) is 5.73 Å². The molecule has 1 aromatic carbocycles. The predicted molar refractivity (Wildman–Crippen MR) is 110 cm³/mol. The molecule has 4 unspecified atom stereocenters. The maximum Gasteiger partial charge on any atom is 0.233 e. The molecule has 0 radical (unpaired) electrons. The van der Waals surface area contributed by atoms with Gasteiger partial charge in [-0.3, -0.25) is 19.5 Å². The predicted octanol–water partition coefficient (Wildman–Crippen LogP) is 2.73. The Morgan fingerprint density at radius 1 is 1.21 bits per heavy atom. The second-order valence-electron chi connectivity index (χ2n) is 8.35. The van der Waals surface area contributed by atoms with Gasteiger partial charge in [-0.15, -0.1) is 0 Å². The van der Waals surface area contributed by atoms with Crippen LogP contribution in [0, 0.1) is 23.7 Å². The molecule has 1 saturated heterocycles. The van der Waals surface area contributed by atoms with Gasteiger partial charge in [0.25, 0.3) is 0 Å². The molecule has 3 aliphatic rings. The lowest BCUT2D eigenvalue weighted by atomic mass is 9.85. The molecule has 2 bridgehead atoms. The molecule has 4 atom stereocenters. The van der Waals surface area contributed by atoms with Crippen molar-refractivity contribution in [2.45, 2.75) is 32.6 Å². The van der Waals surface area contributed by atoms with Crippen LogP contribution in [-0.2, 0) is 9.59 Å². The van der Waals surface area contributed by atoms with Crippen molar-refractivity contribution in [3.05, 3.63) is 42.0 Å². The van der Waals surface area contributed by atoms with E-state index < -0.39 is 0 Å². The average Bonchev–Trinajstić information content (AvgIpc) is 3.34. The molecule has 0 spiro atoms. The highest BCUT2D eigenvalue weighted by atomic mass is 16.2. The maximum atomic E-state index is 12.6. The smallest absolute Gasteiger partial charge is 0.233 e. The second-order valence-corrected chi connectivity index (χ2v) is 8.35. The van der Waals surface area contributed by atoms with E-state index in [0.29, 0.717) is 31.4 Å². The topological polar surface area (TPSA) is 87.8 Å². The van der Waals surface area contributed by atoms with Crippen LogP contribution in [0.4, 0.5) is 5.69 Å². The number of carbonyl (C=O) groups excluding carboxylic acids is 2. The summed E-state index contributed by atoms with van der Waals surface area (Å²) < 4.78 is 0. The summed E-state index contributed by atoms with van der Waals surface area (Å²) in [6, 6.07) is 8.10.